The molecule has 2 fully saturated rings. The molecule has 5 heteroatoms. The first-order valence-corrected chi connectivity index (χ1v) is 9.37. The summed E-state index contributed by atoms with van der Waals surface area (Å²) in [5, 5.41) is 11.3. The normalized spacial score (nSPS) is 24.8. The van der Waals surface area contributed by atoms with Crippen molar-refractivity contribution in [1.82, 2.24) is 15.1 Å². The molecule has 1 unspecified atom stereocenters. The highest BCUT2D eigenvalue weighted by atomic mass is 16.2. The Labute approximate surface area is 150 Å². The summed E-state index contributed by atoms with van der Waals surface area (Å²) in [4.78, 5) is 16.7. The smallest absolute Gasteiger partial charge is 0.256 e. The summed E-state index contributed by atoms with van der Waals surface area (Å²) >= 11 is 0. The maximum absolute atomic E-state index is 13.0. The van der Waals surface area contributed by atoms with E-state index < -0.39 is 5.54 Å². The molecule has 1 aromatic rings. The number of nitrogens with zero attached hydrogens (tertiary/aromatic N) is 2. The maximum atomic E-state index is 13.0. The average Bonchev–Trinajstić information content (AvgIpc) is 2.80. The van der Waals surface area contributed by atoms with Crippen LogP contribution in [0.2, 0.25) is 0 Å². The molecule has 1 aliphatic carbocycles. The molecular formula is C20H30N4O. The van der Waals surface area contributed by atoms with E-state index in [4.69, 9.17) is 5.41 Å². The number of guanidine groups is 1. The summed E-state index contributed by atoms with van der Waals surface area (Å²) in [5.41, 5.74) is 0.587. The number of carbonyl (C=O) groups excluding carboxylic acids is 1. The van der Waals surface area contributed by atoms with Gasteiger partial charge in [0.25, 0.3) is 5.91 Å². The van der Waals surface area contributed by atoms with Crippen molar-refractivity contribution in [2.75, 3.05) is 20.6 Å². The molecule has 0 spiro atoms. The van der Waals surface area contributed by atoms with Crippen LogP contribution in [0.5, 0.6) is 0 Å². The molecule has 1 atom stereocenters. The van der Waals surface area contributed by atoms with Crippen LogP contribution in [-0.4, -0.2) is 47.8 Å². The fraction of sp³-hybridized carbons (Fsp3) is 0.600. The number of carbonyl (C=O) groups is 1. The van der Waals surface area contributed by atoms with Crippen molar-refractivity contribution in [3.63, 3.8) is 0 Å². The zero-order chi connectivity index (χ0) is 17.9. The van der Waals surface area contributed by atoms with Gasteiger partial charge < -0.3 is 5.32 Å². The van der Waals surface area contributed by atoms with Gasteiger partial charge in [-0.2, -0.15) is 0 Å². The third-order valence-corrected chi connectivity index (χ3v) is 5.60. The molecule has 136 valence electrons. The van der Waals surface area contributed by atoms with Gasteiger partial charge >= 0.3 is 0 Å². The van der Waals surface area contributed by atoms with Crippen LogP contribution in [0.15, 0.2) is 30.3 Å². The van der Waals surface area contributed by atoms with E-state index in [0.29, 0.717) is 12.5 Å². The fourth-order valence-corrected chi connectivity index (χ4v) is 4.39. The monoisotopic (exact) mass is 342 g/mol. The number of benzene rings is 1. The zero-order valence-electron chi connectivity index (χ0n) is 15.4. The van der Waals surface area contributed by atoms with Crippen LogP contribution in [0.3, 0.4) is 0 Å². The number of hydrogen-bond donors (Lipinski definition) is 2. The Kier molecular flexibility index (Phi) is 5.42. The fourth-order valence-electron chi connectivity index (χ4n) is 4.39. The average molecular weight is 342 g/mol. The second-order valence-electron chi connectivity index (χ2n) is 7.79. The first-order valence-electron chi connectivity index (χ1n) is 9.37. The molecule has 3 rings (SSSR count). The van der Waals surface area contributed by atoms with Gasteiger partial charge in [-0.1, -0.05) is 62.4 Å². The van der Waals surface area contributed by atoms with E-state index in [0.717, 1.165) is 13.0 Å². The molecule has 5 nitrogen and oxygen atoms in total. The lowest BCUT2D eigenvalue weighted by Crippen LogP contribution is -2.55. The van der Waals surface area contributed by atoms with Gasteiger partial charge in [0, 0.05) is 20.1 Å². The maximum Gasteiger partial charge on any atom is 0.256 e. The Balaban J connectivity index is 1.74. The van der Waals surface area contributed by atoms with E-state index in [1.807, 2.05) is 18.2 Å². The van der Waals surface area contributed by atoms with Crippen LogP contribution in [-0.2, 0) is 11.3 Å². The largest absolute Gasteiger partial charge is 0.341 e. The van der Waals surface area contributed by atoms with Crippen LogP contribution in [0.1, 0.15) is 44.1 Å². The second-order valence-corrected chi connectivity index (χ2v) is 7.79. The lowest BCUT2D eigenvalue weighted by Gasteiger charge is -2.35. The van der Waals surface area contributed by atoms with E-state index in [-0.39, 0.29) is 11.9 Å². The molecule has 2 aliphatic rings. The van der Waals surface area contributed by atoms with Crippen molar-refractivity contribution in [3.05, 3.63) is 35.9 Å². The van der Waals surface area contributed by atoms with Gasteiger partial charge in [0.05, 0.1) is 0 Å². The number of likely N-dealkylation sites (N-methyl/N-ethyl adjacent to an activating group) is 2. The van der Waals surface area contributed by atoms with Crippen molar-refractivity contribution >= 4 is 11.9 Å². The summed E-state index contributed by atoms with van der Waals surface area (Å²) in [7, 11) is 3.77. The highest BCUT2D eigenvalue weighted by Crippen LogP contribution is 2.34. The Hall–Kier alpha value is -1.88. The molecule has 1 heterocycles. The summed E-state index contributed by atoms with van der Waals surface area (Å²) < 4.78 is 0. The van der Waals surface area contributed by atoms with Crippen LogP contribution in [0, 0.1) is 11.3 Å². The van der Waals surface area contributed by atoms with E-state index in [1.165, 1.54) is 42.6 Å². The minimum atomic E-state index is -0.655. The van der Waals surface area contributed by atoms with Gasteiger partial charge in [0.2, 0.25) is 0 Å². The Morgan fingerprint density at radius 1 is 1.24 bits per heavy atom. The number of rotatable bonds is 6. The van der Waals surface area contributed by atoms with Crippen molar-refractivity contribution in [2.24, 2.45) is 5.92 Å². The van der Waals surface area contributed by atoms with E-state index in [9.17, 15) is 4.79 Å². The third-order valence-electron chi connectivity index (χ3n) is 5.60. The van der Waals surface area contributed by atoms with Gasteiger partial charge in [0.15, 0.2) is 5.96 Å². The minimum absolute atomic E-state index is 0.0444. The second kappa shape index (κ2) is 7.56. The molecule has 1 saturated carbocycles. The first-order chi connectivity index (χ1) is 12.0. The molecule has 2 N–H and O–H groups in total. The first kappa shape index (κ1) is 17.9. The van der Waals surface area contributed by atoms with E-state index in [2.05, 4.69) is 29.4 Å². The molecule has 1 aliphatic heterocycles. The van der Waals surface area contributed by atoms with Crippen molar-refractivity contribution in [2.45, 2.75) is 50.6 Å². The SMILES string of the molecule is CN(Cc1ccccc1)CC1(CC2CCCCC2)NC(=N)N(C)C1=O. The Morgan fingerprint density at radius 2 is 1.92 bits per heavy atom. The quantitative estimate of drug-likeness (QED) is 0.836. The van der Waals surface area contributed by atoms with Crippen molar-refractivity contribution < 1.29 is 4.79 Å². The molecule has 1 aromatic carbocycles. The van der Waals surface area contributed by atoms with E-state index >= 15 is 0 Å². The van der Waals surface area contributed by atoms with Crippen LogP contribution in [0.4, 0.5) is 0 Å². The number of nitrogens with one attached hydrogen (secondary N) is 2. The molecule has 0 bridgehead atoms. The van der Waals surface area contributed by atoms with Crippen LogP contribution >= 0.6 is 0 Å². The Morgan fingerprint density at radius 3 is 2.52 bits per heavy atom. The standard InChI is InChI=1S/C20H30N4O/c1-23(14-17-11-7-4-8-12-17)15-20(13-16-9-5-3-6-10-16)18(25)24(2)19(21)22-20/h4,7-8,11-12,16H,3,5-6,9-10,13-15H2,1-2H3,(H2,21,22). The van der Waals surface area contributed by atoms with Gasteiger partial charge in [-0.3, -0.25) is 20.0 Å². The van der Waals surface area contributed by atoms with Crippen molar-refractivity contribution in [3.8, 4) is 0 Å². The zero-order valence-corrected chi connectivity index (χ0v) is 15.4. The molecular weight excluding hydrogens is 312 g/mol. The summed E-state index contributed by atoms with van der Waals surface area (Å²) in [6.45, 7) is 1.43. The molecule has 1 saturated heterocycles. The molecule has 1 amide bonds. The van der Waals surface area contributed by atoms with Crippen molar-refractivity contribution in [1.29, 1.82) is 5.41 Å². The molecule has 0 radical (unpaired) electrons. The topological polar surface area (TPSA) is 59.4 Å². The highest BCUT2D eigenvalue weighted by Gasteiger charge is 2.49. The predicted molar refractivity (Wildman–Crippen MR) is 100 cm³/mol. The summed E-state index contributed by atoms with van der Waals surface area (Å²) in [6, 6.07) is 10.3. The lowest BCUT2D eigenvalue weighted by molar-refractivity contribution is -0.131. The van der Waals surface area contributed by atoms with Crippen LogP contribution in [0.25, 0.3) is 0 Å². The minimum Gasteiger partial charge on any atom is -0.341 e. The predicted octanol–water partition coefficient (Wildman–Crippen LogP) is 2.82. The molecule has 25 heavy (non-hydrogen) atoms. The number of hydrogen-bond acceptors (Lipinski definition) is 3. The Bertz CT molecular complexity index is 611. The molecule has 0 aromatic heterocycles. The lowest BCUT2D eigenvalue weighted by atomic mass is 9.79. The van der Waals surface area contributed by atoms with E-state index in [1.54, 1.807) is 7.05 Å². The summed E-state index contributed by atoms with van der Waals surface area (Å²) in [5.74, 6) is 0.853. The van der Waals surface area contributed by atoms with Gasteiger partial charge in [-0.25, -0.2) is 0 Å². The highest BCUT2D eigenvalue weighted by molar-refractivity contribution is 6.07. The number of amides is 1. The summed E-state index contributed by atoms with van der Waals surface area (Å²) in [6.07, 6.45) is 7.09. The van der Waals surface area contributed by atoms with Crippen LogP contribution < -0.4 is 5.32 Å². The van der Waals surface area contributed by atoms with Gasteiger partial charge in [-0.15, -0.1) is 0 Å². The van der Waals surface area contributed by atoms with Gasteiger partial charge in [-0.05, 0) is 24.9 Å². The third kappa shape index (κ3) is 4.03. The van der Waals surface area contributed by atoms with Gasteiger partial charge in [0.1, 0.15) is 5.54 Å².